The van der Waals surface area contributed by atoms with Gasteiger partial charge >= 0.3 is 0 Å². The Balaban J connectivity index is 1.99. The number of allylic oxidation sites excluding steroid dienone is 1. The predicted octanol–water partition coefficient (Wildman–Crippen LogP) is 2.46. The molecule has 102 valence electrons. The van der Waals surface area contributed by atoms with Crippen LogP contribution in [-0.2, 0) is 10.4 Å². The molecule has 1 aromatic rings. The third kappa shape index (κ3) is 3.24. The van der Waals surface area contributed by atoms with Crippen LogP contribution in [0.25, 0.3) is 0 Å². The van der Waals surface area contributed by atoms with E-state index in [2.05, 4.69) is 0 Å². The summed E-state index contributed by atoms with van der Waals surface area (Å²) in [7, 11) is 0. The molecule has 19 heavy (non-hydrogen) atoms. The van der Waals surface area contributed by atoms with Gasteiger partial charge in [0.15, 0.2) is 0 Å². The highest BCUT2D eigenvalue weighted by Gasteiger charge is 2.38. The zero-order valence-electron chi connectivity index (χ0n) is 11.4. The molecule has 0 bridgehead atoms. The van der Waals surface area contributed by atoms with Gasteiger partial charge in [0.05, 0.1) is 6.54 Å². The second kappa shape index (κ2) is 6.02. The van der Waals surface area contributed by atoms with E-state index in [1.807, 2.05) is 49.4 Å². The Morgan fingerprint density at radius 2 is 2.11 bits per heavy atom. The second-order valence-electron chi connectivity index (χ2n) is 5.05. The number of amides is 1. The number of β-amino-alcohol motifs (C(OH)–C–C–N with tert-alkyl or cyclic N) is 1. The maximum atomic E-state index is 12.0. The number of rotatable bonds is 4. The molecule has 0 aromatic heterocycles. The van der Waals surface area contributed by atoms with Gasteiger partial charge in [0.25, 0.3) is 0 Å². The summed E-state index contributed by atoms with van der Waals surface area (Å²) >= 11 is 0. The quantitative estimate of drug-likeness (QED) is 0.844. The topological polar surface area (TPSA) is 40.5 Å². The monoisotopic (exact) mass is 259 g/mol. The number of carbonyl (C=O) groups excluding carboxylic acids is 1. The number of likely N-dealkylation sites (tertiary alicyclic amines) is 1. The van der Waals surface area contributed by atoms with E-state index in [4.69, 9.17) is 0 Å². The van der Waals surface area contributed by atoms with Crippen LogP contribution in [0.1, 0.15) is 31.7 Å². The van der Waals surface area contributed by atoms with Gasteiger partial charge in [0.2, 0.25) is 5.91 Å². The molecule has 0 radical (unpaired) electrons. The maximum Gasteiger partial charge on any atom is 0.226 e. The van der Waals surface area contributed by atoms with Crippen LogP contribution in [0.5, 0.6) is 0 Å². The highest BCUT2D eigenvalue weighted by molar-refractivity contribution is 5.78. The fraction of sp³-hybridized carbons (Fsp3) is 0.438. The fourth-order valence-corrected chi connectivity index (χ4v) is 2.47. The Bertz CT molecular complexity index is 455. The van der Waals surface area contributed by atoms with Gasteiger partial charge in [0, 0.05) is 13.0 Å². The molecule has 0 aliphatic carbocycles. The third-order valence-corrected chi connectivity index (χ3v) is 3.61. The van der Waals surface area contributed by atoms with Crippen molar-refractivity contribution in [3.63, 3.8) is 0 Å². The number of nitrogens with zero attached hydrogens (tertiary/aromatic N) is 1. The first-order valence-electron chi connectivity index (χ1n) is 6.86. The minimum Gasteiger partial charge on any atom is -0.383 e. The van der Waals surface area contributed by atoms with Crippen molar-refractivity contribution in [3.8, 4) is 0 Å². The van der Waals surface area contributed by atoms with Gasteiger partial charge in [-0.2, -0.15) is 0 Å². The van der Waals surface area contributed by atoms with Crippen molar-refractivity contribution in [2.24, 2.45) is 0 Å². The maximum absolute atomic E-state index is 12.0. The van der Waals surface area contributed by atoms with Crippen molar-refractivity contribution in [2.75, 3.05) is 13.1 Å². The molecule has 1 aliphatic rings. The largest absolute Gasteiger partial charge is 0.383 e. The van der Waals surface area contributed by atoms with Crippen molar-refractivity contribution in [2.45, 2.75) is 31.8 Å². The Labute approximate surface area is 114 Å². The molecule has 1 atom stereocenters. The lowest BCUT2D eigenvalue weighted by Gasteiger charge is -2.23. The average molecular weight is 259 g/mol. The van der Waals surface area contributed by atoms with E-state index in [-0.39, 0.29) is 5.91 Å². The molecule has 3 nitrogen and oxygen atoms in total. The summed E-state index contributed by atoms with van der Waals surface area (Å²) in [6.45, 7) is 3.07. The molecule has 1 amide bonds. The summed E-state index contributed by atoms with van der Waals surface area (Å²) in [5.74, 6) is 0.0940. The van der Waals surface area contributed by atoms with Crippen molar-refractivity contribution >= 4 is 5.91 Å². The predicted molar refractivity (Wildman–Crippen MR) is 75.6 cm³/mol. The normalized spacial score (nSPS) is 23.2. The molecule has 2 rings (SSSR count). The summed E-state index contributed by atoms with van der Waals surface area (Å²) in [4.78, 5) is 13.8. The van der Waals surface area contributed by atoms with Crippen LogP contribution in [-0.4, -0.2) is 29.0 Å². The van der Waals surface area contributed by atoms with Gasteiger partial charge in [-0.3, -0.25) is 4.79 Å². The molecular weight excluding hydrogens is 238 g/mol. The molecule has 1 N–H and O–H groups in total. The molecule has 0 saturated carbocycles. The molecule has 0 spiro atoms. The Morgan fingerprint density at radius 3 is 2.79 bits per heavy atom. The van der Waals surface area contributed by atoms with Gasteiger partial charge in [0.1, 0.15) is 5.60 Å². The van der Waals surface area contributed by atoms with Crippen LogP contribution in [0.3, 0.4) is 0 Å². The highest BCUT2D eigenvalue weighted by Crippen LogP contribution is 2.31. The summed E-state index contributed by atoms with van der Waals surface area (Å²) < 4.78 is 0. The van der Waals surface area contributed by atoms with Gasteiger partial charge in [-0.1, -0.05) is 49.4 Å². The minimum atomic E-state index is -0.884. The van der Waals surface area contributed by atoms with Gasteiger partial charge in [-0.25, -0.2) is 0 Å². The Hall–Kier alpha value is -1.61. The van der Waals surface area contributed by atoms with E-state index < -0.39 is 5.60 Å². The molecular formula is C16H21NO2. The van der Waals surface area contributed by atoms with E-state index in [0.717, 1.165) is 12.0 Å². The molecule has 1 heterocycles. The molecule has 3 heteroatoms. The van der Waals surface area contributed by atoms with E-state index in [1.165, 1.54) is 0 Å². The standard InChI is InChI=1S/C16H21NO2/c1-2-3-5-10-15(18)17-12-11-16(19,13-17)14-8-6-4-7-9-14/h3-9,19H,2,10-13H2,1H3. The molecule has 1 aliphatic heterocycles. The Kier molecular flexibility index (Phi) is 4.38. The zero-order valence-corrected chi connectivity index (χ0v) is 11.4. The fourth-order valence-electron chi connectivity index (χ4n) is 2.47. The van der Waals surface area contributed by atoms with E-state index >= 15 is 0 Å². The SMILES string of the molecule is CCC=CCC(=O)N1CCC(O)(c2ccccc2)C1. The van der Waals surface area contributed by atoms with E-state index in [9.17, 15) is 9.90 Å². The number of aliphatic hydroxyl groups is 1. The first-order chi connectivity index (χ1) is 9.15. The molecule has 1 unspecified atom stereocenters. The zero-order chi connectivity index (χ0) is 13.7. The summed E-state index contributed by atoms with van der Waals surface area (Å²) in [6, 6.07) is 9.61. The molecule has 1 fully saturated rings. The third-order valence-electron chi connectivity index (χ3n) is 3.61. The van der Waals surface area contributed by atoms with Crippen LogP contribution in [0.2, 0.25) is 0 Å². The molecule has 1 aromatic carbocycles. The van der Waals surface area contributed by atoms with Crippen LogP contribution in [0.15, 0.2) is 42.5 Å². The lowest BCUT2D eigenvalue weighted by atomic mass is 9.93. The van der Waals surface area contributed by atoms with Crippen molar-refractivity contribution in [1.29, 1.82) is 0 Å². The Morgan fingerprint density at radius 1 is 1.37 bits per heavy atom. The van der Waals surface area contributed by atoms with Crippen LogP contribution in [0, 0.1) is 0 Å². The summed E-state index contributed by atoms with van der Waals surface area (Å²) in [6.07, 6.45) is 5.89. The van der Waals surface area contributed by atoms with E-state index in [1.54, 1.807) is 4.90 Å². The first-order valence-corrected chi connectivity index (χ1v) is 6.86. The van der Waals surface area contributed by atoms with Crippen LogP contribution in [0.4, 0.5) is 0 Å². The minimum absolute atomic E-state index is 0.0940. The van der Waals surface area contributed by atoms with Gasteiger partial charge in [-0.05, 0) is 18.4 Å². The second-order valence-corrected chi connectivity index (χ2v) is 5.05. The van der Waals surface area contributed by atoms with Gasteiger partial charge in [-0.15, -0.1) is 0 Å². The average Bonchev–Trinajstić information content (AvgIpc) is 2.84. The van der Waals surface area contributed by atoms with Crippen molar-refractivity contribution < 1.29 is 9.90 Å². The lowest BCUT2D eigenvalue weighted by molar-refractivity contribution is -0.130. The van der Waals surface area contributed by atoms with Crippen molar-refractivity contribution in [3.05, 3.63) is 48.0 Å². The van der Waals surface area contributed by atoms with Crippen molar-refractivity contribution in [1.82, 2.24) is 4.90 Å². The van der Waals surface area contributed by atoms with Gasteiger partial charge < -0.3 is 10.0 Å². The number of carbonyl (C=O) groups is 1. The van der Waals surface area contributed by atoms with E-state index in [0.29, 0.717) is 25.9 Å². The summed E-state index contributed by atoms with van der Waals surface area (Å²) in [5, 5.41) is 10.6. The molecule has 1 saturated heterocycles. The first kappa shape index (κ1) is 13.8. The lowest BCUT2D eigenvalue weighted by Crippen LogP contribution is -2.34. The smallest absolute Gasteiger partial charge is 0.226 e. The number of hydrogen-bond acceptors (Lipinski definition) is 2. The number of benzene rings is 1. The van der Waals surface area contributed by atoms with Crippen LogP contribution >= 0.6 is 0 Å². The summed E-state index contributed by atoms with van der Waals surface area (Å²) in [5.41, 5.74) is 0.0141. The highest BCUT2D eigenvalue weighted by atomic mass is 16.3. The number of hydrogen-bond donors (Lipinski definition) is 1. The van der Waals surface area contributed by atoms with Crippen LogP contribution < -0.4 is 0 Å².